The molecule has 1 aliphatic heterocycles. The summed E-state index contributed by atoms with van der Waals surface area (Å²) in [4.78, 5) is 3.37. The van der Waals surface area contributed by atoms with Crippen LogP contribution in [-0.4, -0.2) is 6.21 Å². The van der Waals surface area contributed by atoms with Crippen molar-refractivity contribution < 1.29 is 4.99 Å². The van der Waals surface area contributed by atoms with Gasteiger partial charge in [-0.3, -0.25) is 0 Å². The number of nitrogens with one attached hydrogen (secondary N) is 1. The number of allylic oxidation sites excluding steroid dienone is 1. The Hall–Kier alpha value is -2.41. The van der Waals surface area contributed by atoms with E-state index in [1.807, 2.05) is 12.3 Å². The largest absolute Gasteiger partial charge is 0.238 e. The Morgan fingerprint density at radius 2 is 1.76 bits per heavy atom. The van der Waals surface area contributed by atoms with E-state index in [-0.39, 0.29) is 6.04 Å². The third-order valence-electron chi connectivity index (χ3n) is 3.87. The van der Waals surface area contributed by atoms with Crippen molar-refractivity contribution in [1.82, 2.24) is 0 Å². The molecule has 2 aromatic carbocycles. The number of benzene rings is 2. The molecule has 0 aliphatic carbocycles. The van der Waals surface area contributed by atoms with Crippen molar-refractivity contribution in [3.63, 3.8) is 0 Å². The van der Waals surface area contributed by atoms with Gasteiger partial charge in [0, 0.05) is 11.6 Å². The molecule has 0 fully saturated rings. The van der Waals surface area contributed by atoms with Crippen LogP contribution in [0.5, 0.6) is 0 Å². The third-order valence-corrected chi connectivity index (χ3v) is 3.87. The third kappa shape index (κ3) is 2.73. The Morgan fingerprint density at radius 3 is 2.38 bits per heavy atom. The van der Waals surface area contributed by atoms with E-state index in [0.29, 0.717) is 0 Å². The van der Waals surface area contributed by atoms with Gasteiger partial charge in [0.05, 0.1) is 0 Å². The van der Waals surface area contributed by atoms with Crippen LogP contribution in [0.15, 0.2) is 55.1 Å². The lowest BCUT2D eigenvalue weighted by atomic mass is 9.94. The van der Waals surface area contributed by atoms with Crippen LogP contribution >= 0.6 is 0 Å². The molecule has 3 rings (SSSR count). The predicted octanol–water partition coefficient (Wildman–Crippen LogP) is 3.38. The summed E-state index contributed by atoms with van der Waals surface area (Å²) in [7, 11) is 0. The quantitative estimate of drug-likeness (QED) is 0.882. The van der Waals surface area contributed by atoms with E-state index in [1.54, 1.807) is 0 Å². The van der Waals surface area contributed by atoms with E-state index in [4.69, 9.17) is 0 Å². The average Bonchev–Trinajstić information content (AvgIpc) is 2.99. The predicted molar refractivity (Wildman–Crippen MR) is 90.4 cm³/mol. The van der Waals surface area contributed by atoms with Crippen LogP contribution in [-0.2, 0) is 0 Å². The van der Waals surface area contributed by atoms with Gasteiger partial charge in [-0.1, -0.05) is 54.1 Å². The zero-order valence-electron chi connectivity index (χ0n) is 12.6. The molecule has 0 spiro atoms. The topological polar surface area (TPSA) is 14.0 Å². The van der Waals surface area contributed by atoms with Gasteiger partial charge in [-0.2, -0.15) is 0 Å². The van der Waals surface area contributed by atoms with Crippen molar-refractivity contribution in [2.75, 3.05) is 0 Å². The summed E-state index contributed by atoms with van der Waals surface area (Å²) in [5, 5.41) is 0. The summed E-state index contributed by atoms with van der Waals surface area (Å²) in [5.74, 6) is 0. The normalized spacial score (nSPS) is 16.4. The summed E-state index contributed by atoms with van der Waals surface area (Å²) in [6.45, 7) is 8.22. The van der Waals surface area contributed by atoms with Gasteiger partial charge < -0.3 is 0 Å². The highest BCUT2D eigenvalue weighted by atomic mass is 14.8. The summed E-state index contributed by atoms with van der Waals surface area (Å²) >= 11 is 0. The molecule has 1 N–H and O–H groups in total. The van der Waals surface area contributed by atoms with E-state index in [2.05, 4.69) is 74.0 Å². The summed E-state index contributed by atoms with van der Waals surface area (Å²) < 4.78 is 0. The number of hydrogen-bond acceptors (Lipinski definition) is 0. The maximum Gasteiger partial charge on any atom is 0.195 e. The summed E-state index contributed by atoms with van der Waals surface area (Å²) in [6, 6.07) is 13.5. The fourth-order valence-electron chi connectivity index (χ4n) is 2.93. The molecule has 0 saturated carbocycles. The van der Waals surface area contributed by atoms with Gasteiger partial charge in [-0.05, 0) is 42.7 Å². The molecule has 1 atom stereocenters. The highest BCUT2D eigenvalue weighted by Crippen LogP contribution is 2.28. The second-order valence-electron chi connectivity index (χ2n) is 5.62. The van der Waals surface area contributed by atoms with Crippen LogP contribution in [0.3, 0.4) is 0 Å². The van der Waals surface area contributed by atoms with E-state index in [1.165, 1.54) is 33.4 Å². The Bertz CT molecular complexity index is 718. The lowest BCUT2D eigenvalue weighted by molar-refractivity contribution is -0.485. The maximum atomic E-state index is 3.93. The van der Waals surface area contributed by atoms with Gasteiger partial charge in [-0.15, -0.1) is 0 Å². The van der Waals surface area contributed by atoms with Crippen LogP contribution in [0.2, 0.25) is 0 Å². The van der Waals surface area contributed by atoms with Crippen LogP contribution in [0.4, 0.5) is 0 Å². The van der Waals surface area contributed by atoms with E-state index in [9.17, 15) is 0 Å². The molecule has 1 heterocycles. The van der Waals surface area contributed by atoms with Gasteiger partial charge in [0.2, 0.25) is 0 Å². The van der Waals surface area contributed by atoms with Crippen LogP contribution < -0.4 is 4.99 Å². The molecular formula is C20H20N+. The fraction of sp³-hybridized carbons (Fsp3) is 0.150. The first-order valence-electron chi connectivity index (χ1n) is 7.28. The van der Waals surface area contributed by atoms with Crippen LogP contribution in [0, 0.1) is 13.8 Å². The van der Waals surface area contributed by atoms with Crippen molar-refractivity contribution in [2.45, 2.75) is 19.9 Å². The van der Waals surface area contributed by atoms with Gasteiger partial charge in [0.1, 0.15) is 0 Å². The van der Waals surface area contributed by atoms with E-state index < -0.39 is 0 Å². The highest BCUT2D eigenvalue weighted by molar-refractivity contribution is 5.71. The molecule has 0 saturated heterocycles. The molecule has 1 unspecified atom stereocenters. The van der Waals surface area contributed by atoms with Gasteiger partial charge in [0.25, 0.3) is 0 Å². The Kier molecular flexibility index (Phi) is 3.57. The fourth-order valence-corrected chi connectivity index (χ4v) is 2.93. The zero-order valence-corrected chi connectivity index (χ0v) is 12.6. The van der Waals surface area contributed by atoms with Crippen molar-refractivity contribution in [3.8, 4) is 11.1 Å². The van der Waals surface area contributed by atoms with E-state index in [0.717, 1.165) is 0 Å². The van der Waals surface area contributed by atoms with E-state index >= 15 is 0 Å². The van der Waals surface area contributed by atoms with Gasteiger partial charge >= 0.3 is 0 Å². The molecule has 104 valence electrons. The molecule has 0 amide bonds. The molecular weight excluding hydrogens is 254 g/mol. The van der Waals surface area contributed by atoms with Crippen LogP contribution in [0.25, 0.3) is 17.2 Å². The standard InChI is InChI=1S/C20H19N/c1-4-16-7-8-17(13-19(16)20-6-5-9-21-20)18-11-14(2)10-15(3)12-18/h4-13,20H,1H2,2-3H3/p+1. The molecule has 0 aromatic heterocycles. The Labute approximate surface area is 126 Å². The Morgan fingerprint density at radius 1 is 1.00 bits per heavy atom. The molecule has 1 nitrogen and oxygen atoms in total. The van der Waals surface area contributed by atoms with Crippen molar-refractivity contribution >= 4 is 12.3 Å². The lowest BCUT2D eigenvalue weighted by Gasteiger charge is -2.11. The first-order chi connectivity index (χ1) is 10.2. The second-order valence-corrected chi connectivity index (χ2v) is 5.62. The summed E-state index contributed by atoms with van der Waals surface area (Å²) in [6.07, 6.45) is 8.14. The summed E-state index contributed by atoms with van der Waals surface area (Å²) in [5.41, 5.74) is 7.57. The van der Waals surface area contributed by atoms with Gasteiger partial charge in [0.15, 0.2) is 12.3 Å². The van der Waals surface area contributed by atoms with Crippen molar-refractivity contribution in [1.29, 1.82) is 0 Å². The second kappa shape index (κ2) is 5.53. The lowest BCUT2D eigenvalue weighted by Crippen LogP contribution is -2.67. The molecule has 0 bridgehead atoms. The number of hydrogen-bond donors (Lipinski definition) is 1. The minimum Gasteiger partial charge on any atom is -0.238 e. The Balaban J connectivity index is 2.11. The maximum absolute atomic E-state index is 3.93. The van der Waals surface area contributed by atoms with Crippen molar-refractivity contribution in [2.24, 2.45) is 0 Å². The van der Waals surface area contributed by atoms with Crippen molar-refractivity contribution in [3.05, 3.63) is 77.4 Å². The minimum atomic E-state index is 0.240. The SMILES string of the molecule is C=Cc1ccc(-c2cc(C)cc(C)c2)cc1C1C=CC=[NH+]1. The molecule has 2 aromatic rings. The first-order valence-corrected chi connectivity index (χ1v) is 7.28. The first kappa shape index (κ1) is 13.6. The smallest absolute Gasteiger partial charge is 0.195 e. The molecule has 0 radical (unpaired) electrons. The molecule has 1 aliphatic rings. The molecule has 21 heavy (non-hydrogen) atoms. The minimum absolute atomic E-state index is 0.240. The average molecular weight is 274 g/mol. The zero-order chi connectivity index (χ0) is 14.8. The monoisotopic (exact) mass is 274 g/mol. The van der Waals surface area contributed by atoms with Crippen LogP contribution in [0.1, 0.15) is 28.3 Å². The number of rotatable bonds is 3. The molecule has 1 heteroatoms. The van der Waals surface area contributed by atoms with Gasteiger partial charge in [-0.25, -0.2) is 4.99 Å². The highest BCUT2D eigenvalue weighted by Gasteiger charge is 2.18. The number of aryl methyl sites for hydroxylation is 2.